The summed E-state index contributed by atoms with van der Waals surface area (Å²) in [7, 11) is 0. The maximum atomic E-state index is 9.12. The topological polar surface area (TPSA) is 72.3 Å². The molecule has 0 radical (unpaired) electrons. The van der Waals surface area contributed by atoms with Crippen LogP contribution in [-0.2, 0) is 0 Å². The van der Waals surface area contributed by atoms with Crippen LogP contribution in [0.4, 0.5) is 0 Å². The van der Waals surface area contributed by atoms with Gasteiger partial charge in [-0.3, -0.25) is 0 Å². The van der Waals surface area contributed by atoms with E-state index in [4.69, 9.17) is 16.6 Å². The van der Waals surface area contributed by atoms with E-state index in [0.29, 0.717) is 6.54 Å². The normalized spacial score (nSPS) is 12.9. The first-order valence-electron chi connectivity index (χ1n) is 3.59. The molecule has 1 aromatic rings. The SMILES string of the molecule is NC[C@H](N)c1ccc(O)cc1I. The molecule has 0 amide bonds. The molecule has 0 aromatic heterocycles. The molecule has 12 heavy (non-hydrogen) atoms. The van der Waals surface area contributed by atoms with Gasteiger partial charge in [0.2, 0.25) is 0 Å². The predicted octanol–water partition coefficient (Wildman–Crippen LogP) is 0.955. The maximum absolute atomic E-state index is 9.12. The Labute approximate surface area is 84.9 Å². The number of rotatable bonds is 2. The summed E-state index contributed by atoms with van der Waals surface area (Å²) in [5, 5.41) is 9.12. The Hall–Kier alpha value is -0.330. The monoisotopic (exact) mass is 278 g/mol. The number of halogens is 1. The molecule has 3 nitrogen and oxygen atoms in total. The Bertz CT molecular complexity index is 278. The largest absolute Gasteiger partial charge is 0.508 e. The molecule has 66 valence electrons. The lowest BCUT2D eigenvalue weighted by molar-refractivity contribution is 0.474. The minimum absolute atomic E-state index is 0.141. The van der Waals surface area contributed by atoms with Crippen molar-refractivity contribution in [3.63, 3.8) is 0 Å². The molecule has 1 rings (SSSR count). The van der Waals surface area contributed by atoms with Gasteiger partial charge in [0, 0.05) is 16.2 Å². The van der Waals surface area contributed by atoms with Crippen molar-refractivity contribution < 1.29 is 5.11 Å². The molecule has 0 spiro atoms. The van der Waals surface area contributed by atoms with Crippen LogP contribution >= 0.6 is 22.6 Å². The van der Waals surface area contributed by atoms with Crippen LogP contribution in [0, 0.1) is 3.57 Å². The molecule has 0 saturated heterocycles. The van der Waals surface area contributed by atoms with Crippen LogP contribution in [-0.4, -0.2) is 11.7 Å². The Morgan fingerprint density at radius 1 is 1.50 bits per heavy atom. The molecule has 1 atom stereocenters. The minimum atomic E-state index is -0.141. The average molecular weight is 278 g/mol. The van der Waals surface area contributed by atoms with E-state index in [9.17, 15) is 0 Å². The van der Waals surface area contributed by atoms with E-state index in [1.165, 1.54) is 0 Å². The molecule has 0 fully saturated rings. The quantitative estimate of drug-likeness (QED) is 0.705. The van der Waals surface area contributed by atoms with E-state index in [2.05, 4.69) is 22.6 Å². The molecular weight excluding hydrogens is 267 g/mol. The lowest BCUT2D eigenvalue weighted by atomic mass is 10.1. The number of benzene rings is 1. The van der Waals surface area contributed by atoms with Crippen molar-refractivity contribution in [2.75, 3.05) is 6.54 Å². The van der Waals surface area contributed by atoms with E-state index < -0.39 is 0 Å². The number of phenols is 1. The van der Waals surface area contributed by atoms with E-state index in [-0.39, 0.29) is 11.8 Å². The second-order valence-corrected chi connectivity index (χ2v) is 3.71. The van der Waals surface area contributed by atoms with Crippen molar-refractivity contribution in [3.05, 3.63) is 27.3 Å². The molecule has 0 bridgehead atoms. The summed E-state index contributed by atoms with van der Waals surface area (Å²) in [6, 6.07) is 4.95. The Morgan fingerprint density at radius 3 is 2.67 bits per heavy atom. The van der Waals surface area contributed by atoms with Gasteiger partial charge >= 0.3 is 0 Å². The zero-order valence-electron chi connectivity index (χ0n) is 6.50. The number of phenolic OH excluding ortho intramolecular Hbond substituents is 1. The fourth-order valence-electron chi connectivity index (χ4n) is 0.944. The standard InChI is InChI=1S/C8H11IN2O/c9-7-3-5(12)1-2-6(7)8(11)4-10/h1-3,8,12H,4,10-11H2/t8-/m0/s1. The van der Waals surface area contributed by atoms with Crippen LogP contribution in [0.2, 0.25) is 0 Å². The molecule has 0 saturated carbocycles. The first-order chi connectivity index (χ1) is 5.65. The molecule has 0 aliphatic rings. The summed E-state index contributed by atoms with van der Waals surface area (Å²) in [4.78, 5) is 0. The summed E-state index contributed by atoms with van der Waals surface area (Å²) in [6.45, 7) is 0.417. The molecule has 0 heterocycles. The summed E-state index contributed by atoms with van der Waals surface area (Å²) in [5.74, 6) is 0.257. The molecule has 0 aliphatic heterocycles. The third-order valence-electron chi connectivity index (χ3n) is 1.64. The van der Waals surface area contributed by atoms with Gasteiger partial charge < -0.3 is 16.6 Å². The van der Waals surface area contributed by atoms with Gasteiger partial charge in [-0.05, 0) is 40.3 Å². The van der Waals surface area contributed by atoms with Crippen molar-refractivity contribution in [2.45, 2.75) is 6.04 Å². The number of hydrogen-bond acceptors (Lipinski definition) is 3. The first-order valence-corrected chi connectivity index (χ1v) is 4.67. The van der Waals surface area contributed by atoms with E-state index in [1.54, 1.807) is 18.2 Å². The van der Waals surface area contributed by atoms with Crippen LogP contribution in [0.25, 0.3) is 0 Å². The van der Waals surface area contributed by atoms with Crippen molar-refractivity contribution >= 4 is 22.6 Å². The van der Waals surface area contributed by atoms with Crippen molar-refractivity contribution in [1.29, 1.82) is 0 Å². The highest BCUT2D eigenvalue weighted by Gasteiger charge is 2.07. The zero-order chi connectivity index (χ0) is 9.14. The number of hydrogen-bond donors (Lipinski definition) is 3. The van der Waals surface area contributed by atoms with Gasteiger partial charge in [-0.1, -0.05) is 6.07 Å². The van der Waals surface area contributed by atoms with Crippen molar-refractivity contribution in [2.24, 2.45) is 11.5 Å². The van der Waals surface area contributed by atoms with Gasteiger partial charge in [-0.15, -0.1) is 0 Å². The summed E-state index contributed by atoms with van der Waals surface area (Å²) in [6.07, 6.45) is 0. The smallest absolute Gasteiger partial charge is 0.116 e. The van der Waals surface area contributed by atoms with Crippen LogP contribution < -0.4 is 11.5 Å². The van der Waals surface area contributed by atoms with Crippen LogP contribution in [0.15, 0.2) is 18.2 Å². The van der Waals surface area contributed by atoms with E-state index in [1.807, 2.05) is 0 Å². The summed E-state index contributed by atoms with van der Waals surface area (Å²) in [5.41, 5.74) is 12.1. The fraction of sp³-hybridized carbons (Fsp3) is 0.250. The molecule has 0 unspecified atom stereocenters. The molecule has 5 N–H and O–H groups in total. The van der Waals surface area contributed by atoms with Gasteiger partial charge in [-0.2, -0.15) is 0 Å². The molecule has 1 aromatic carbocycles. The third-order valence-corrected chi connectivity index (χ3v) is 2.57. The Morgan fingerprint density at radius 2 is 2.17 bits per heavy atom. The highest BCUT2D eigenvalue weighted by molar-refractivity contribution is 14.1. The Kier molecular flexibility index (Phi) is 3.30. The van der Waals surface area contributed by atoms with Gasteiger partial charge in [0.05, 0.1) is 0 Å². The van der Waals surface area contributed by atoms with Crippen molar-refractivity contribution in [1.82, 2.24) is 0 Å². The highest BCUT2D eigenvalue weighted by atomic mass is 127. The van der Waals surface area contributed by atoms with Crippen LogP contribution in [0.3, 0.4) is 0 Å². The minimum Gasteiger partial charge on any atom is -0.508 e. The van der Waals surface area contributed by atoms with Crippen LogP contribution in [0.1, 0.15) is 11.6 Å². The summed E-state index contributed by atoms with van der Waals surface area (Å²) < 4.78 is 0.950. The van der Waals surface area contributed by atoms with Gasteiger partial charge in [0.1, 0.15) is 5.75 Å². The van der Waals surface area contributed by atoms with Crippen molar-refractivity contribution in [3.8, 4) is 5.75 Å². The van der Waals surface area contributed by atoms with Gasteiger partial charge in [-0.25, -0.2) is 0 Å². The molecule has 0 aliphatic carbocycles. The highest BCUT2D eigenvalue weighted by Crippen LogP contribution is 2.22. The zero-order valence-corrected chi connectivity index (χ0v) is 8.65. The lowest BCUT2D eigenvalue weighted by Gasteiger charge is -2.10. The maximum Gasteiger partial charge on any atom is 0.116 e. The molecule has 4 heteroatoms. The average Bonchev–Trinajstić information content (AvgIpc) is 2.03. The Balaban J connectivity index is 3.01. The fourth-order valence-corrected chi connectivity index (χ4v) is 1.84. The predicted molar refractivity (Wildman–Crippen MR) is 56.8 cm³/mol. The lowest BCUT2D eigenvalue weighted by Crippen LogP contribution is -2.21. The number of nitrogens with two attached hydrogens (primary N) is 2. The van der Waals surface area contributed by atoms with Gasteiger partial charge in [0.15, 0.2) is 0 Å². The van der Waals surface area contributed by atoms with E-state index in [0.717, 1.165) is 9.13 Å². The van der Waals surface area contributed by atoms with Gasteiger partial charge in [0.25, 0.3) is 0 Å². The third kappa shape index (κ3) is 2.09. The summed E-state index contributed by atoms with van der Waals surface area (Å²) >= 11 is 2.13. The van der Waals surface area contributed by atoms with Crippen LogP contribution in [0.5, 0.6) is 5.75 Å². The molecular formula is C8H11IN2O. The van der Waals surface area contributed by atoms with E-state index >= 15 is 0 Å². The second kappa shape index (κ2) is 4.06. The second-order valence-electron chi connectivity index (χ2n) is 2.55. The number of aromatic hydroxyl groups is 1. The first kappa shape index (κ1) is 9.76.